The zero-order chi connectivity index (χ0) is 24.6. The van der Waals surface area contributed by atoms with Crippen LogP contribution in [0.3, 0.4) is 0 Å². The summed E-state index contributed by atoms with van der Waals surface area (Å²) < 4.78 is 10.9. The van der Waals surface area contributed by atoms with Gasteiger partial charge in [0.2, 0.25) is 5.91 Å². The molecule has 1 aliphatic heterocycles. The maximum atomic E-state index is 12.7. The largest absolute Gasteiger partial charge is 0.493 e. The van der Waals surface area contributed by atoms with Gasteiger partial charge in [-0.2, -0.15) is 0 Å². The third kappa shape index (κ3) is 6.23. The van der Waals surface area contributed by atoms with E-state index in [2.05, 4.69) is 77.8 Å². The lowest BCUT2D eigenvalue weighted by Gasteiger charge is -2.35. The summed E-state index contributed by atoms with van der Waals surface area (Å²) in [5, 5.41) is 3.16. The summed E-state index contributed by atoms with van der Waals surface area (Å²) in [7, 11) is 3.33. The Labute approximate surface area is 209 Å². The molecule has 1 aliphatic rings. The highest BCUT2D eigenvalue weighted by molar-refractivity contribution is 5.76. The van der Waals surface area contributed by atoms with Crippen molar-refractivity contribution >= 4 is 5.91 Å². The number of nitrogens with one attached hydrogen (secondary N) is 1. The third-order valence-electron chi connectivity index (χ3n) is 7.00. The average Bonchev–Trinajstić information content (AvgIpc) is 2.90. The zero-order valence-corrected chi connectivity index (χ0v) is 21.0. The lowest BCUT2D eigenvalue weighted by atomic mass is 9.88. The number of rotatable bonds is 10. The van der Waals surface area contributed by atoms with Gasteiger partial charge in [0, 0.05) is 38.0 Å². The number of carbonyl (C=O) groups excluding carboxylic acids is 1. The fraction of sp³-hybridized carbons (Fsp3) is 0.367. The van der Waals surface area contributed by atoms with Crippen LogP contribution in [0.15, 0.2) is 72.8 Å². The normalized spacial score (nSPS) is 15.5. The number of benzene rings is 3. The maximum Gasteiger partial charge on any atom is 0.221 e. The first kappa shape index (κ1) is 24.8. The Morgan fingerprint density at radius 2 is 1.51 bits per heavy atom. The van der Waals surface area contributed by atoms with Crippen LogP contribution in [0.4, 0.5) is 0 Å². The van der Waals surface area contributed by atoms with E-state index in [1.54, 1.807) is 14.2 Å². The number of hydrogen-bond donors (Lipinski definition) is 1. The van der Waals surface area contributed by atoms with Crippen LogP contribution < -0.4 is 14.8 Å². The predicted molar refractivity (Wildman–Crippen MR) is 140 cm³/mol. The van der Waals surface area contributed by atoms with E-state index in [0.717, 1.165) is 37.4 Å². The lowest BCUT2D eigenvalue weighted by Crippen LogP contribution is -2.40. The van der Waals surface area contributed by atoms with Crippen LogP contribution in [0, 0.1) is 0 Å². The molecule has 0 fully saturated rings. The van der Waals surface area contributed by atoms with Gasteiger partial charge in [-0.15, -0.1) is 0 Å². The minimum absolute atomic E-state index is 0.107. The van der Waals surface area contributed by atoms with Gasteiger partial charge in [-0.25, -0.2) is 0 Å². The number of nitrogens with zero attached hydrogens (tertiary/aromatic N) is 1. The topological polar surface area (TPSA) is 50.8 Å². The van der Waals surface area contributed by atoms with Crippen molar-refractivity contribution in [1.82, 2.24) is 10.2 Å². The van der Waals surface area contributed by atoms with Crippen molar-refractivity contribution in [2.24, 2.45) is 0 Å². The molecular formula is C30H36N2O3. The maximum absolute atomic E-state index is 12.7. The predicted octanol–water partition coefficient (Wildman–Crippen LogP) is 5.18. The van der Waals surface area contributed by atoms with E-state index in [9.17, 15) is 4.79 Å². The molecule has 0 spiro atoms. The first-order valence-electron chi connectivity index (χ1n) is 12.4. The molecule has 5 nitrogen and oxygen atoms in total. The van der Waals surface area contributed by atoms with E-state index < -0.39 is 0 Å². The van der Waals surface area contributed by atoms with E-state index in [1.807, 2.05) is 12.1 Å². The molecule has 0 aliphatic carbocycles. The summed E-state index contributed by atoms with van der Waals surface area (Å²) in [6.45, 7) is 4.43. The molecule has 3 aromatic carbocycles. The summed E-state index contributed by atoms with van der Waals surface area (Å²) in [5.41, 5.74) is 5.10. The molecule has 1 heterocycles. The van der Waals surface area contributed by atoms with Crippen molar-refractivity contribution in [3.63, 3.8) is 0 Å². The van der Waals surface area contributed by atoms with E-state index in [0.29, 0.717) is 19.0 Å². The summed E-state index contributed by atoms with van der Waals surface area (Å²) in [5.74, 6) is 1.90. The molecule has 1 amide bonds. The Morgan fingerprint density at radius 1 is 0.943 bits per heavy atom. The second-order valence-electron chi connectivity index (χ2n) is 9.26. The van der Waals surface area contributed by atoms with Crippen molar-refractivity contribution in [2.45, 2.75) is 44.7 Å². The van der Waals surface area contributed by atoms with Crippen molar-refractivity contribution in [3.8, 4) is 11.5 Å². The second-order valence-corrected chi connectivity index (χ2v) is 9.26. The average molecular weight is 473 g/mol. The molecular weight excluding hydrogens is 436 g/mol. The van der Waals surface area contributed by atoms with E-state index in [4.69, 9.17) is 9.47 Å². The number of amides is 1. The second kappa shape index (κ2) is 11.9. The van der Waals surface area contributed by atoms with E-state index >= 15 is 0 Å². The Bertz CT molecular complexity index is 1060. The molecule has 1 atom stereocenters. The van der Waals surface area contributed by atoms with Crippen LogP contribution in [-0.4, -0.2) is 44.2 Å². The van der Waals surface area contributed by atoms with Crippen LogP contribution in [0.1, 0.15) is 47.9 Å². The summed E-state index contributed by atoms with van der Waals surface area (Å²) in [6, 6.07) is 25.6. The van der Waals surface area contributed by atoms with Crippen LogP contribution in [-0.2, 0) is 17.8 Å². The van der Waals surface area contributed by atoms with Gasteiger partial charge in [0.25, 0.3) is 0 Å². The first-order chi connectivity index (χ1) is 17.1. The summed E-state index contributed by atoms with van der Waals surface area (Å²) in [6.07, 6.45) is 2.30. The van der Waals surface area contributed by atoms with Crippen LogP contribution >= 0.6 is 0 Å². The SMILES string of the molecule is COc1cc2c(cc1OC)CN(CCC(=O)NCCC(c1ccccc1)c1ccccc1)C(C)C2. The monoisotopic (exact) mass is 472 g/mol. The molecule has 1 N–H and O–H groups in total. The van der Waals surface area contributed by atoms with Crippen molar-refractivity contribution in [1.29, 1.82) is 0 Å². The summed E-state index contributed by atoms with van der Waals surface area (Å²) in [4.78, 5) is 15.1. The van der Waals surface area contributed by atoms with Gasteiger partial charge in [0.1, 0.15) is 0 Å². The molecule has 35 heavy (non-hydrogen) atoms. The molecule has 0 bridgehead atoms. The van der Waals surface area contributed by atoms with Gasteiger partial charge in [-0.3, -0.25) is 9.69 Å². The fourth-order valence-electron chi connectivity index (χ4n) is 5.01. The quantitative estimate of drug-likeness (QED) is 0.442. The number of ether oxygens (including phenoxy) is 2. The van der Waals surface area contributed by atoms with Crippen LogP contribution in [0.2, 0.25) is 0 Å². The Kier molecular flexibility index (Phi) is 8.43. The molecule has 0 radical (unpaired) electrons. The van der Waals surface area contributed by atoms with Gasteiger partial charge in [-0.1, -0.05) is 60.7 Å². The van der Waals surface area contributed by atoms with Crippen molar-refractivity contribution in [3.05, 3.63) is 95.1 Å². The Hall–Kier alpha value is -3.31. The highest BCUT2D eigenvalue weighted by Gasteiger charge is 2.25. The molecule has 0 aromatic heterocycles. The van der Waals surface area contributed by atoms with Gasteiger partial charge in [0.15, 0.2) is 11.5 Å². The Morgan fingerprint density at radius 3 is 2.09 bits per heavy atom. The minimum atomic E-state index is 0.107. The van der Waals surface area contributed by atoms with Gasteiger partial charge >= 0.3 is 0 Å². The number of hydrogen-bond acceptors (Lipinski definition) is 4. The molecule has 184 valence electrons. The molecule has 4 rings (SSSR count). The number of fused-ring (bicyclic) bond motifs is 1. The zero-order valence-electron chi connectivity index (χ0n) is 21.0. The Balaban J connectivity index is 1.30. The molecule has 0 saturated heterocycles. The van der Waals surface area contributed by atoms with Gasteiger partial charge in [0.05, 0.1) is 14.2 Å². The smallest absolute Gasteiger partial charge is 0.221 e. The number of carbonyl (C=O) groups is 1. The van der Waals surface area contributed by atoms with Crippen LogP contribution in [0.25, 0.3) is 0 Å². The standard InChI is InChI=1S/C30H36N2O3/c1-22-18-25-19-28(34-2)29(35-3)20-26(25)21-32(22)17-15-30(33)31-16-14-27(23-10-6-4-7-11-23)24-12-8-5-9-13-24/h4-13,19-20,22,27H,14-18,21H2,1-3H3,(H,31,33). The highest BCUT2D eigenvalue weighted by Crippen LogP contribution is 2.34. The number of methoxy groups -OCH3 is 2. The first-order valence-corrected chi connectivity index (χ1v) is 12.4. The lowest BCUT2D eigenvalue weighted by molar-refractivity contribution is -0.121. The van der Waals surface area contributed by atoms with Crippen molar-refractivity contribution in [2.75, 3.05) is 27.3 Å². The molecule has 0 saturated carbocycles. The molecule has 3 aromatic rings. The molecule has 5 heteroatoms. The van der Waals surface area contributed by atoms with Crippen LogP contribution in [0.5, 0.6) is 11.5 Å². The van der Waals surface area contributed by atoms with Crippen molar-refractivity contribution < 1.29 is 14.3 Å². The summed E-state index contributed by atoms with van der Waals surface area (Å²) >= 11 is 0. The van der Waals surface area contributed by atoms with Gasteiger partial charge in [-0.05, 0) is 54.2 Å². The minimum Gasteiger partial charge on any atom is -0.493 e. The highest BCUT2D eigenvalue weighted by atomic mass is 16.5. The molecule has 1 unspecified atom stereocenters. The van der Waals surface area contributed by atoms with E-state index in [1.165, 1.54) is 22.3 Å². The van der Waals surface area contributed by atoms with E-state index in [-0.39, 0.29) is 11.8 Å². The fourth-order valence-corrected chi connectivity index (χ4v) is 5.01. The van der Waals surface area contributed by atoms with Gasteiger partial charge < -0.3 is 14.8 Å². The third-order valence-corrected chi connectivity index (χ3v) is 7.00.